The lowest BCUT2D eigenvalue weighted by Crippen LogP contribution is -2.52. The van der Waals surface area contributed by atoms with Gasteiger partial charge >= 0.3 is 0 Å². The molecule has 1 unspecified atom stereocenters. The van der Waals surface area contributed by atoms with Crippen molar-refractivity contribution in [3.63, 3.8) is 0 Å². The highest BCUT2D eigenvalue weighted by atomic mass is 79.9. The Morgan fingerprint density at radius 1 is 1.71 bits per heavy atom. The molecule has 1 N–H and O–H groups in total. The van der Waals surface area contributed by atoms with Crippen LogP contribution in [0.25, 0.3) is 0 Å². The van der Waals surface area contributed by atoms with E-state index in [4.69, 9.17) is 0 Å². The molecule has 0 bridgehead atoms. The van der Waals surface area contributed by atoms with Crippen molar-refractivity contribution in [2.45, 2.75) is 25.8 Å². The molecule has 0 spiro atoms. The molecule has 1 aromatic rings. The second kappa shape index (κ2) is 5.98. The molecule has 1 aromatic heterocycles. The summed E-state index contributed by atoms with van der Waals surface area (Å²) < 4.78 is 1.11. The largest absolute Gasteiger partial charge is 0.337 e. The SMILES string of the molecule is CC1CNCCN1C(=O)CCc1cc(Br)cs1. The first kappa shape index (κ1) is 13.1. The normalized spacial score (nSPS) is 20.6. The van der Waals surface area contributed by atoms with Gasteiger partial charge in [-0.3, -0.25) is 4.79 Å². The van der Waals surface area contributed by atoms with Gasteiger partial charge in [-0.1, -0.05) is 0 Å². The molecule has 2 rings (SSSR count). The van der Waals surface area contributed by atoms with Crippen LogP contribution in [0.4, 0.5) is 0 Å². The predicted molar refractivity (Wildman–Crippen MR) is 74.4 cm³/mol. The van der Waals surface area contributed by atoms with Crippen LogP contribution >= 0.6 is 27.3 Å². The zero-order chi connectivity index (χ0) is 12.3. The minimum absolute atomic E-state index is 0.281. The second-order valence-corrected chi connectivity index (χ2v) is 6.28. The number of amides is 1. The summed E-state index contributed by atoms with van der Waals surface area (Å²) in [7, 11) is 0. The van der Waals surface area contributed by atoms with Gasteiger partial charge in [-0.05, 0) is 35.3 Å². The quantitative estimate of drug-likeness (QED) is 0.927. The van der Waals surface area contributed by atoms with E-state index in [0.717, 1.165) is 30.5 Å². The Hall–Kier alpha value is -0.390. The molecule has 2 heterocycles. The van der Waals surface area contributed by atoms with Crippen LogP contribution in [0.1, 0.15) is 18.2 Å². The summed E-state index contributed by atoms with van der Waals surface area (Å²) in [5.41, 5.74) is 0. The summed E-state index contributed by atoms with van der Waals surface area (Å²) in [6.45, 7) is 4.77. The molecule has 1 aliphatic heterocycles. The molecule has 1 aliphatic rings. The lowest BCUT2D eigenvalue weighted by atomic mass is 10.1. The zero-order valence-corrected chi connectivity index (χ0v) is 12.3. The van der Waals surface area contributed by atoms with Crippen LogP contribution in [-0.4, -0.2) is 36.5 Å². The minimum atomic E-state index is 0.281. The van der Waals surface area contributed by atoms with E-state index in [2.05, 4.69) is 39.6 Å². The smallest absolute Gasteiger partial charge is 0.223 e. The Labute approximate surface area is 114 Å². The maximum atomic E-state index is 12.1. The fourth-order valence-electron chi connectivity index (χ4n) is 2.07. The molecule has 3 nitrogen and oxygen atoms in total. The van der Waals surface area contributed by atoms with E-state index in [0.29, 0.717) is 12.5 Å². The third-order valence-electron chi connectivity index (χ3n) is 3.03. The van der Waals surface area contributed by atoms with Crippen molar-refractivity contribution in [3.05, 3.63) is 20.8 Å². The van der Waals surface area contributed by atoms with E-state index >= 15 is 0 Å². The Bertz CT molecular complexity index is 394. The number of halogens is 1. The van der Waals surface area contributed by atoms with E-state index in [9.17, 15) is 4.79 Å². The monoisotopic (exact) mass is 316 g/mol. The number of carbonyl (C=O) groups is 1. The summed E-state index contributed by atoms with van der Waals surface area (Å²) in [6.07, 6.45) is 1.48. The van der Waals surface area contributed by atoms with Crippen molar-refractivity contribution in [2.75, 3.05) is 19.6 Å². The predicted octanol–water partition coefficient (Wildman–Crippen LogP) is 2.26. The number of piperazine rings is 1. The van der Waals surface area contributed by atoms with Gasteiger partial charge in [-0.25, -0.2) is 0 Å². The summed E-state index contributed by atoms with van der Waals surface area (Å²) in [5, 5.41) is 5.36. The van der Waals surface area contributed by atoms with E-state index in [1.54, 1.807) is 11.3 Å². The third kappa shape index (κ3) is 3.53. The maximum Gasteiger partial charge on any atom is 0.223 e. The second-order valence-electron chi connectivity index (χ2n) is 4.37. The number of carbonyl (C=O) groups excluding carboxylic acids is 1. The molecule has 5 heteroatoms. The molecule has 0 saturated carbocycles. The van der Waals surface area contributed by atoms with Gasteiger partial charge in [-0.15, -0.1) is 11.3 Å². The van der Waals surface area contributed by atoms with Gasteiger partial charge in [0, 0.05) is 46.8 Å². The fourth-order valence-corrected chi connectivity index (χ4v) is 3.53. The highest BCUT2D eigenvalue weighted by Crippen LogP contribution is 2.21. The van der Waals surface area contributed by atoms with E-state index in [-0.39, 0.29) is 5.91 Å². The van der Waals surface area contributed by atoms with Gasteiger partial charge in [0.05, 0.1) is 0 Å². The molecule has 1 atom stereocenters. The van der Waals surface area contributed by atoms with Crippen LogP contribution in [0.15, 0.2) is 15.9 Å². The van der Waals surface area contributed by atoms with Gasteiger partial charge in [0.15, 0.2) is 0 Å². The number of nitrogens with one attached hydrogen (secondary N) is 1. The zero-order valence-electron chi connectivity index (χ0n) is 9.91. The van der Waals surface area contributed by atoms with Crippen LogP contribution in [0.3, 0.4) is 0 Å². The van der Waals surface area contributed by atoms with Crippen molar-refractivity contribution >= 4 is 33.2 Å². The van der Waals surface area contributed by atoms with Crippen molar-refractivity contribution in [2.24, 2.45) is 0 Å². The van der Waals surface area contributed by atoms with Crippen molar-refractivity contribution in [1.29, 1.82) is 0 Å². The molecule has 0 aliphatic carbocycles. The van der Waals surface area contributed by atoms with Gasteiger partial charge in [0.2, 0.25) is 5.91 Å². The molecule has 17 heavy (non-hydrogen) atoms. The number of hydrogen-bond donors (Lipinski definition) is 1. The van der Waals surface area contributed by atoms with Crippen molar-refractivity contribution in [1.82, 2.24) is 10.2 Å². The maximum absolute atomic E-state index is 12.1. The van der Waals surface area contributed by atoms with E-state index < -0.39 is 0 Å². The van der Waals surface area contributed by atoms with Crippen LogP contribution in [0.5, 0.6) is 0 Å². The third-order valence-corrected chi connectivity index (χ3v) is 4.79. The number of nitrogens with zero attached hydrogens (tertiary/aromatic N) is 1. The van der Waals surface area contributed by atoms with Crippen molar-refractivity contribution < 1.29 is 4.79 Å². The van der Waals surface area contributed by atoms with Crippen LogP contribution < -0.4 is 5.32 Å². The molecule has 1 saturated heterocycles. The van der Waals surface area contributed by atoms with Gasteiger partial charge in [0.1, 0.15) is 0 Å². The van der Waals surface area contributed by atoms with Crippen LogP contribution in [0, 0.1) is 0 Å². The summed E-state index contributed by atoms with van der Waals surface area (Å²) in [5.74, 6) is 0.281. The molecule has 1 fully saturated rings. The van der Waals surface area contributed by atoms with Crippen LogP contribution in [-0.2, 0) is 11.2 Å². The van der Waals surface area contributed by atoms with Crippen LogP contribution in [0.2, 0.25) is 0 Å². The molecule has 94 valence electrons. The van der Waals surface area contributed by atoms with E-state index in [1.165, 1.54) is 4.88 Å². The summed E-state index contributed by atoms with van der Waals surface area (Å²) >= 11 is 5.14. The Morgan fingerprint density at radius 2 is 2.53 bits per heavy atom. The topological polar surface area (TPSA) is 32.3 Å². The number of rotatable bonds is 3. The average Bonchev–Trinajstić information content (AvgIpc) is 2.73. The number of hydrogen-bond acceptors (Lipinski definition) is 3. The van der Waals surface area contributed by atoms with Crippen molar-refractivity contribution in [3.8, 4) is 0 Å². The lowest BCUT2D eigenvalue weighted by Gasteiger charge is -2.34. The van der Waals surface area contributed by atoms with Gasteiger partial charge in [0.25, 0.3) is 0 Å². The highest BCUT2D eigenvalue weighted by Gasteiger charge is 2.22. The summed E-state index contributed by atoms with van der Waals surface area (Å²) in [4.78, 5) is 15.4. The lowest BCUT2D eigenvalue weighted by molar-refractivity contribution is -0.133. The first-order valence-corrected chi connectivity index (χ1v) is 7.57. The molecule has 1 amide bonds. The Kier molecular flexibility index (Phi) is 4.59. The fraction of sp³-hybridized carbons (Fsp3) is 0.583. The van der Waals surface area contributed by atoms with Gasteiger partial charge < -0.3 is 10.2 Å². The first-order valence-electron chi connectivity index (χ1n) is 5.90. The van der Waals surface area contributed by atoms with E-state index in [1.807, 2.05) is 4.90 Å². The Balaban J connectivity index is 1.84. The Morgan fingerprint density at radius 3 is 3.18 bits per heavy atom. The molecular formula is C12H17BrN2OS. The number of thiophene rings is 1. The molecule has 0 aromatic carbocycles. The highest BCUT2D eigenvalue weighted by molar-refractivity contribution is 9.10. The average molecular weight is 317 g/mol. The molecule has 0 radical (unpaired) electrons. The molecular weight excluding hydrogens is 300 g/mol. The van der Waals surface area contributed by atoms with Gasteiger partial charge in [-0.2, -0.15) is 0 Å². The minimum Gasteiger partial charge on any atom is -0.337 e. The first-order chi connectivity index (χ1) is 8.16. The number of aryl methyl sites for hydroxylation is 1. The standard InChI is InChI=1S/C12H17BrN2OS/c1-9-7-14-4-5-15(9)12(16)3-2-11-6-10(13)8-17-11/h6,8-9,14H,2-5,7H2,1H3. The summed E-state index contributed by atoms with van der Waals surface area (Å²) in [6, 6.07) is 2.42.